The van der Waals surface area contributed by atoms with Crippen LogP contribution in [0.3, 0.4) is 0 Å². The van der Waals surface area contributed by atoms with Crippen molar-refractivity contribution in [2.45, 2.75) is 51.9 Å². The molecule has 0 amide bonds. The van der Waals surface area contributed by atoms with Crippen LogP contribution >= 0.6 is 0 Å². The zero-order chi connectivity index (χ0) is 11.8. The first-order chi connectivity index (χ1) is 6.97. The Balaban J connectivity index is 3.98. The maximum absolute atomic E-state index is 9.74. The lowest BCUT2D eigenvalue weighted by molar-refractivity contribution is 0.0561. The Morgan fingerprint density at radius 1 is 1.20 bits per heavy atom. The molecule has 2 N–H and O–H groups in total. The van der Waals surface area contributed by atoms with Crippen LogP contribution in [0.15, 0.2) is 12.7 Å². The van der Waals surface area contributed by atoms with E-state index in [0.29, 0.717) is 19.1 Å². The highest BCUT2D eigenvalue weighted by Crippen LogP contribution is 2.05. The van der Waals surface area contributed by atoms with Gasteiger partial charge in [0.15, 0.2) is 0 Å². The van der Waals surface area contributed by atoms with Gasteiger partial charge in [0.05, 0.1) is 12.2 Å². The molecule has 0 aliphatic heterocycles. The number of nitrogens with zero attached hydrogens (tertiary/aromatic N) is 1. The minimum Gasteiger partial charge on any atom is -0.392 e. The van der Waals surface area contributed by atoms with Crippen LogP contribution in [0.25, 0.3) is 0 Å². The first kappa shape index (κ1) is 14.6. The van der Waals surface area contributed by atoms with Crippen LogP contribution in [-0.2, 0) is 0 Å². The summed E-state index contributed by atoms with van der Waals surface area (Å²) in [4.78, 5) is 2.10. The molecule has 0 heterocycles. The van der Waals surface area contributed by atoms with Crippen LogP contribution < -0.4 is 0 Å². The second-order valence-electron chi connectivity index (χ2n) is 4.42. The lowest BCUT2D eigenvalue weighted by Gasteiger charge is -2.29. The van der Waals surface area contributed by atoms with Crippen molar-refractivity contribution >= 4 is 0 Å². The summed E-state index contributed by atoms with van der Waals surface area (Å²) in [6.45, 7) is 10.8. The van der Waals surface area contributed by atoms with E-state index in [9.17, 15) is 10.2 Å². The van der Waals surface area contributed by atoms with Crippen LogP contribution in [0.5, 0.6) is 0 Å². The van der Waals surface area contributed by atoms with Gasteiger partial charge in [-0.25, -0.2) is 0 Å². The maximum atomic E-state index is 9.74. The molecular weight excluding hydrogens is 190 g/mol. The topological polar surface area (TPSA) is 43.7 Å². The second-order valence-corrected chi connectivity index (χ2v) is 4.42. The molecule has 3 nitrogen and oxygen atoms in total. The number of hydrogen-bond acceptors (Lipinski definition) is 3. The van der Waals surface area contributed by atoms with Gasteiger partial charge in [0.2, 0.25) is 0 Å². The van der Waals surface area contributed by atoms with E-state index in [2.05, 4.69) is 25.3 Å². The molecule has 0 saturated carbocycles. The summed E-state index contributed by atoms with van der Waals surface area (Å²) in [6.07, 6.45) is 2.72. The first-order valence-electron chi connectivity index (χ1n) is 5.68. The van der Waals surface area contributed by atoms with Crippen molar-refractivity contribution < 1.29 is 10.2 Å². The zero-order valence-electron chi connectivity index (χ0n) is 10.2. The van der Waals surface area contributed by atoms with Gasteiger partial charge in [0.1, 0.15) is 0 Å². The van der Waals surface area contributed by atoms with Crippen LogP contribution in [-0.4, -0.2) is 46.5 Å². The minimum atomic E-state index is -0.348. The van der Waals surface area contributed by atoms with E-state index in [4.69, 9.17) is 0 Å². The molecule has 0 rings (SSSR count). The number of rotatable bonds is 8. The van der Waals surface area contributed by atoms with E-state index in [0.717, 1.165) is 12.8 Å². The number of aliphatic hydroxyl groups excluding tert-OH is 2. The van der Waals surface area contributed by atoms with Gasteiger partial charge in [-0.15, -0.1) is 6.58 Å². The van der Waals surface area contributed by atoms with Crippen molar-refractivity contribution in [2.24, 2.45) is 0 Å². The average Bonchev–Trinajstić information content (AvgIpc) is 2.12. The highest BCUT2D eigenvalue weighted by molar-refractivity contribution is 4.74. The molecule has 0 aromatic heterocycles. The Morgan fingerprint density at radius 3 is 2.20 bits per heavy atom. The van der Waals surface area contributed by atoms with Gasteiger partial charge in [-0.3, -0.25) is 4.90 Å². The quantitative estimate of drug-likeness (QED) is 0.602. The maximum Gasteiger partial charge on any atom is 0.0670 e. The molecule has 0 spiro atoms. The average molecular weight is 215 g/mol. The first-order valence-corrected chi connectivity index (χ1v) is 5.68. The Morgan fingerprint density at radius 2 is 1.80 bits per heavy atom. The Labute approximate surface area is 93.4 Å². The summed E-state index contributed by atoms with van der Waals surface area (Å²) in [5.74, 6) is 0. The third-order valence-corrected chi connectivity index (χ3v) is 2.38. The molecule has 0 saturated heterocycles. The molecule has 2 unspecified atom stereocenters. The van der Waals surface area contributed by atoms with Crippen molar-refractivity contribution in [1.29, 1.82) is 0 Å². The molecule has 0 aromatic carbocycles. The molecule has 0 bridgehead atoms. The third-order valence-electron chi connectivity index (χ3n) is 2.38. The Bertz CT molecular complexity index is 169. The SMILES string of the molecule is C=CCCC(O)CN(CC(C)O)C(C)C. The molecule has 0 aliphatic rings. The van der Waals surface area contributed by atoms with Gasteiger partial charge >= 0.3 is 0 Å². The van der Waals surface area contributed by atoms with E-state index < -0.39 is 0 Å². The van der Waals surface area contributed by atoms with Crippen LogP contribution in [0.4, 0.5) is 0 Å². The summed E-state index contributed by atoms with van der Waals surface area (Å²) < 4.78 is 0. The summed E-state index contributed by atoms with van der Waals surface area (Å²) >= 11 is 0. The summed E-state index contributed by atoms with van der Waals surface area (Å²) in [5, 5.41) is 19.1. The lowest BCUT2D eigenvalue weighted by atomic mass is 10.1. The smallest absolute Gasteiger partial charge is 0.0670 e. The summed E-state index contributed by atoms with van der Waals surface area (Å²) in [5.41, 5.74) is 0. The fourth-order valence-electron chi connectivity index (χ4n) is 1.51. The van der Waals surface area contributed by atoms with Gasteiger partial charge in [0.25, 0.3) is 0 Å². The predicted octanol–water partition coefficient (Wildman–Crippen LogP) is 1.40. The lowest BCUT2D eigenvalue weighted by Crippen LogP contribution is -2.41. The highest BCUT2D eigenvalue weighted by Gasteiger charge is 2.15. The second kappa shape index (κ2) is 7.85. The van der Waals surface area contributed by atoms with Crippen molar-refractivity contribution in [1.82, 2.24) is 4.90 Å². The van der Waals surface area contributed by atoms with E-state index in [1.807, 2.05) is 6.08 Å². The molecule has 0 fully saturated rings. The summed E-state index contributed by atoms with van der Waals surface area (Å²) in [6, 6.07) is 0.345. The van der Waals surface area contributed by atoms with Gasteiger partial charge < -0.3 is 10.2 Å². The molecule has 15 heavy (non-hydrogen) atoms. The van der Waals surface area contributed by atoms with E-state index in [-0.39, 0.29) is 12.2 Å². The molecule has 2 atom stereocenters. The predicted molar refractivity (Wildman–Crippen MR) is 63.8 cm³/mol. The van der Waals surface area contributed by atoms with Crippen molar-refractivity contribution in [3.05, 3.63) is 12.7 Å². The van der Waals surface area contributed by atoms with E-state index >= 15 is 0 Å². The van der Waals surface area contributed by atoms with Gasteiger partial charge in [-0.1, -0.05) is 6.08 Å². The monoisotopic (exact) mass is 215 g/mol. The minimum absolute atomic E-state index is 0.329. The molecule has 90 valence electrons. The molecule has 0 radical (unpaired) electrons. The van der Waals surface area contributed by atoms with Crippen molar-refractivity contribution in [2.75, 3.05) is 13.1 Å². The standard InChI is InChI=1S/C12H25NO2/c1-5-6-7-12(15)9-13(10(2)3)8-11(4)14/h5,10-12,14-15H,1,6-9H2,2-4H3. The fraction of sp³-hybridized carbons (Fsp3) is 0.833. The molecule has 0 aromatic rings. The largest absolute Gasteiger partial charge is 0.392 e. The fourth-order valence-corrected chi connectivity index (χ4v) is 1.51. The molecular formula is C12H25NO2. The van der Waals surface area contributed by atoms with E-state index in [1.165, 1.54) is 0 Å². The van der Waals surface area contributed by atoms with Crippen molar-refractivity contribution in [3.8, 4) is 0 Å². The molecule has 3 heteroatoms. The summed E-state index contributed by atoms with van der Waals surface area (Å²) in [7, 11) is 0. The van der Waals surface area contributed by atoms with Crippen LogP contribution in [0, 0.1) is 0 Å². The normalized spacial score (nSPS) is 15.7. The third kappa shape index (κ3) is 7.54. The molecule has 0 aliphatic carbocycles. The van der Waals surface area contributed by atoms with E-state index in [1.54, 1.807) is 6.92 Å². The van der Waals surface area contributed by atoms with Crippen molar-refractivity contribution in [3.63, 3.8) is 0 Å². The van der Waals surface area contributed by atoms with Crippen LogP contribution in [0.2, 0.25) is 0 Å². The number of aliphatic hydroxyl groups is 2. The Kier molecular flexibility index (Phi) is 7.65. The number of hydrogen-bond donors (Lipinski definition) is 2. The van der Waals surface area contributed by atoms with Crippen LogP contribution in [0.1, 0.15) is 33.6 Å². The Hall–Kier alpha value is -0.380. The zero-order valence-corrected chi connectivity index (χ0v) is 10.2. The number of allylic oxidation sites excluding steroid dienone is 1. The van der Waals surface area contributed by atoms with Gasteiger partial charge in [-0.05, 0) is 33.6 Å². The van der Waals surface area contributed by atoms with Gasteiger partial charge in [-0.2, -0.15) is 0 Å². The highest BCUT2D eigenvalue weighted by atomic mass is 16.3. The van der Waals surface area contributed by atoms with Gasteiger partial charge in [0, 0.05) is 19.1 Å².